The molecule has 128 valence electrons. The van der Waals surface area contributed by atoms with E-state index in [2.05, 4.69) is 4.90 Å². The fraction of sp³-hybridized carbons (Fsp3) is 0.294. The summed E-state index contributed by atoms with van der Waals surface area (Å²) in [4.78, 5) is 2.41. The molecule has 0 saturated carbocycles. The number of aryl methyl sites for hydroxylation is 1. The summed E-state index contributed by atoms with van der Waals surface area (Å²) in [6, 6.07) is 12.5. The fourth-order valence-corrected chi connectivity index (χ4v) is 4.54. The summed E-state index contributed by atoms with van der Waals surface area (Å²) in [6.45, 7) is 4.01. The highest BCUT2D eigenvalue weighted by atomic mass is 35.5. The Bertz CT molecular complexity index is 830. The second-order valence-electron chi connectivity index (χ2n) is 5.78. The van der Waals surface area contributed by atoms with Gasteiger partial charge in [0, 0.05) is 41.9 Å². The van der Waals surface area contributed by atoms with E-state index in [0.29, 0.717) is 36.2 Å². The van der Waals surface area contributed by atoms with Gasteiger partial charge in [0.25, 0.3) is 0 Å². The molecule has 0 spiro atoms. The van der Waals surface area contributed by atoms with E-state index in [1.807, 2.05) is 31.2 Å². The molecule has 0 aromatic heterocycles. The highest BCUT2D eigenvalue weighted by Gasteiger charge is 2.28. The van der Waals surface area contributed by atoms with Crippen molar-refractivity contribution >= 4 is 38.9 Å². The second-order valence-corrected chi connectivity index (χ2v) is 8.56. The van der Waals surface area contributed by atoms with E-state index in [4.69, 9.17) is 23.2 Å². The van der Waals surface area contributed by atoms with Crippen LogP contribution < -0.4 is 4.90 Å². The van der Waals surface area contributed by atoms with Crippen LogP contribution in [0, 0.1) is 6.92 Å². The monoisotopic (exact) mass is 384 g/mol. The number of halogens is 2. The number of nitrogens with zero attached hydrogens (tertiary/aromatic N) is 2. The molecule has 3 rings (SSSR count). The summed E-state index contributed by atoms with van der Waals surface area (Å²) in [5, 5.41) is 1.16. The van der Waals surface area contributed by atoms with Crippen molar-refractivity contribution < 1.29 is 8.42 Å². The number of rotatable bonds is 3. The number of benzene rings is 2. The maximum Gasteiger partial charge on any atom is 0.243 e. The van der Waals surface area contributed by atoms with Crippen LogP contribution in [0.2, 0.25) is 10.0 Å². The third-order valence-electron chi connectivity index (χ3n) is 4.21. The molecule has 1 saturated heterocycles. The highest BCUT2D eigenvalue weighted by Crippen LogP contribution is 2.25. The molecule has 2 aromatic rings. The molecule has 0 aliphatic carbocycles. The normalized spacial score (nSPS) is 16.4. The van der Waals surface area contributed by atoms with Crippen molar-refractivity contribution in [2.45, 2.75) is 11.8 Å². The van der Waals surface area contributed by atoms with Gasteiger partial charge in [0.05, 0.1) is 4.90 Å². The number of sulfonamides is 1. The van der Waals surface area contributed by atoms with Crippen LogP contribution in [0.15, 0.2) is 47.4 Å². The first kappa shape index (κ1) is 17.5. The van der Waals surface area contributed by atoms with Gasteiger partial charge in [0.2, 0.25) is 10.0 Å². The summed E-state index contributed by atoms with van der Waals surface area (Å²) in [6.07, 6.45) is 0. The molecule has 0 atom stereocenters. The summed E-state index contributed by atoms with van der Waals surface area (Å²) in [5.74, 6) is 0. The summed E-state index contributed by atoms with van der Waals surface area (Å²) >= 11 is 12.0. The van der Waals surface area contributed by atoms with Crippen LogP contribution in [0.3, 0.4) is 0 Å². The molecule has 4 nitrogen and oxygen atoms in total. The Balaban J connectivity index is 1.73. The van der Waals surface area contributed by atoms with Crippen molar-refractivity contribution in [1.29, 1.82) is 0 Å². The molecular weight excluding hydrogens is 367 g/mol. The summed E-state index contributed by atoms with van der Waals surface area (Å²) in [7, 11) is -3.51. The minimum absolute atomic E-state index is 0.248. The van der Waals surface area contributed by atoms with Gasteiger partial charge in [-0.3, -0.25) is 0 Å². The molecule has 0 unspecified atom stereocenters. The van der Waals surface area contributed by atoms with E-state index < -0.39 is 10.0 Å². The van der Waals surface area contributed by atoms with Gasteiger partial charge in [-0.2, -0.15) is 4.31 Å². The molecule has 24 heavy (non-hydrogen) atoms. The number of anilines is 1. The van der Waals surface area contributed by atoms with Gasteiger partial charge in [-0.15, -0.1) is 0 Å². The quantitative estimate of drug-likeness (QED) is 0.807. The maximum atomic E-state index is 12.8. The lowest BCUT2D eigenvalue weighted by molar-refractivity contribution is 0.385. The van der Waals surface area contributed by atoms with Crippen LogP contribution in [-0.4, -0.2) is 38.9 Å². The van der Waals surface area contributed by atoms with Crippen molar-refractivity contribution in [2.75, 3.05) is 31.1 Å². The zero-order chi connectivity index (χ0) is 17.3. The first-order valence-electron chi connectivity index (χ1n) is 7.65. The number of hydrogen-bond donors (Lipinski definition) is 0. The Kier molecular flexibility index (Phi) is 5.06. The molecular formula is C17H18Cl2N2O2S. The van der Waals surface area contributed by atoms with Crippen molar-refractivity contribution in [1.82, 2.24) is 4.31 Å². The van der Waals surface area contributed by atoms with Crippen LogP contribution in [0.1, 0.15) is 5.56 Å². The van der Waals surface area contributed by atoms with Crippen LogP contribution in [0.4, 0.5) is 5.69 Å². The van der Waals surface area contributed by atoms with Crippen molar-refractivity contribution in [2.24, 2.45) is 0 Å². The van der Waals surface area contributed by atoms with Gasteiger partial charge < -0.3 is 4.90 Å². The Morgan fingerprint density at radius 3 is 2.12 bits per heavy atom. The van der Waals surface area contributed by atoms with Gasteiger partial charge in [-0.05, 0) is 48.9 Å². The van der Waals surface area contributed by atoms with E-state index in [0.717, 1.165) is 11.3 Å². The van der Waals surface area contributed by atoms with Gasteiger partial charge in [0.15, 0.2) is 0 Å². The first-order chi connectivity index (χ1) is 11.4. The molecule has 2 aromatic carbocycles. The zero-order valence-corrected chi connectivity index (χ0v) is 15.6. The second kappa shape index (κ2) is 6.92. The molecule has 1 heterocycles. The van der Waals surface area contributed by atoms with E-state index >= 15 is 0 Å². The lowest BCUT2D eigenvalue weighted by atomic mass is 10.2. The van der Waals surface area contributed by atoms with Gasteiger partial charge in [-0.25, -0.2) is 8.42 Å². The highest BCUT2D eigenvalue weighted by molar-refractivity contribution is 7.89. The standard InChI is InChI=1S/C17H18Cl2N2O2S/c1-13-2-7-16(12-17(13)19)24(22,23)21-10-8-20(9-11-21)15-5-3-14(18)4-6-15/h2-7,12H,8-11H2,1H3. The van der Waals surface area contributed by atoms with Crippen molar-refractivity contribution in [3.05, 3.63) is 58.1 Å². The SMILES string of the molecule is Cc1ccc(S(=O)(=O)N2CCN(c3ccc(Cl)cc3)CC2)cc1Cl. The van der Waals surface area contributed by atoms with Gasteiger partial charge in [-0.1, -0.05) is 29.3 Å². The Labute approximate surface area is 152 Å². The Morgan fingerprint density at radius 2 is 1.54 bits per heavy atom. The number of hydrogen-bond acceptors (Lipinski definition) is 3. The molecule has 0 N–H and O–H groups in total. The third kappa shape index (κ3) is 3.54. The molecule has 1 aliphatic rings. The fourth-order valence-electron chi connectivity index (χ4n) is 2.72. The minimum Gasteiger partial charge on any atom is -0.369 e. The van der Waals surface area contributed by atoms with E-state index in [9.17, 15) is 8.42 Å². The maximum absolute atomic E-state index is 12.8. The minimum atomic E-state index is -3.51. The molecule has 7 heteroatoms. The van der Waals surface area contributed by atoms with Crippen LogP contribution in [-0.2, 0) is 10.0 Å². The van der Waals surface area contributed by atoms with Crippen LogP contribution in [0.5, 0.6) is 0 Å². The average Bonchev–Trinajstić information content (AvgIpc) is 2.58. The molecule has 0 amide bonds. The average molecular weight is 385 g/mol. The van der Waals surface area contributed by atoms with Gasteiger partial charge >= 0.3 is 0 Å². The van der Waals surface area contributed by atoms with Crippen molar-refractivity contribution in [3.8, 4) is 0 Å². The molecule has 1 aliphatic heterocycles. The third-order valence-corrected chi connectivity index (χ3v) is 6.77. The van der Waals surface area contributed by atoms with Gasteiger partial charge in [0.1, 0.15) is 0 Å². The predicted octanol–water partition coefficient (Wildman–Crippen LogP) is 3.81. The molecule has 0 bridgehead atoms. The smallest absolute Gasteiger partial charge is 0.243 e. The Morgan fingerprint density at radius 1 is 0.917 bits per heavy atom. The van der Waals surface area contributed by atoms with Crippen molar-refractivity contribution in [3.63, 3.8) is 0 Å². The summed E-state index contributed by atoms with van der Waals surface area (Å²) in [5.41, 5.74) is 1.91. The topological polar surface area (TPSA) is 40.6 Å². The van der Waals surface area contributed by atoms with E-state index in [-0.39, 0.29) is 4.90 Å². The molecule has 1 fully saturated rings. The first-order valence-corrected chi connectivity index (χ1v) is 9.84. The van der Waals surface area contributed by atoms with E-state index in [1.54, 1.807) is 12.1 Å². The lowest BCUT2D eigenvalue weighted by Crippen LogP contribution is -2.48. The largest absolute Gasteiger partial charge is 0.369 e. The number of piperazine rings is 1. The Hall–Kier alpha value is -1.27. The molecule has 0 radical (unpaired) electrons. The predicted molar refractivity (Wildman–Crippen MR) is 98.6 cm³/mol. The lowest BCUT2D eigenvalue weighted by Gasteiger charge is -2.35. The summed E-state index contributed by atoms with van der Waals surface area (Å²) < 4.78 is 27.1. The van der Waals surface area contributed by atoms with Crippen LogP contribution in [0.25, 0.3) is 0 Å². The van der Waals surface area contributed by atoms with E-state index in [1.165, 1.54) is 10.4 Å². The zero-order valence-electron chi connectivity index (χ0n) is 13.2. The van der Waals surface area contributed by atoms with Crippen LogP contribution >= 0.6 is 23.2 Å².